The molecule has 2 rings (SSSR count). The Hall–Kier alpha value is -2.12. The van der Waals surface area contributed by atoms with Crippen LogP contribution in [-0.2, 0) is 0 Å². The van der Waals surface area contributed by atoms with E-state index in [-0.39, 0.29) is 0 Å². The zero-order chi connectivity index (χ0) is 14.8. The quantitative estimate of drug-likeness (QED) is 0.670. The molecule has 1 heteroatoms. The molecule has 0 radical (unpaired) electrons. The summed E-state index contributed by atoms with van der Waals surface area (Å²) in [4.78, 5) is 0. The van der Waals surface area contributed by atoms with E-state index in [0.717, 1.165) is 19.4 Å². The Morgan fingerprint density at radius 3 is 2.29 bits per heavy atom. The lowest BCUT2D eigenvalue weighted by Gasteiger charge is -2.17. The lowest BCUT2D eigenvalue weighted by Crippen LogP contribution is -2.21. The molecule has 1 nitrogen and oxygen atoms in total. The number of hydrogen-bond donors (Lipinski definition) is 1. The third-order valence-corrected chi connectivity index (χ3v) is 3.44. The molecule has 2 aromatic carbocycles. The average Bonchev–Trinajstić information content (AvgIpc) is 2.56. The largest absolute Gasteiger partial charge is 0.306 e. The Balaban J connectivity index is 1.90. The van der Waals surface area contributed by atoms with Crippen LogP contribution in [0.3, 0.4) is 0 Å². The predicted molar refractivity (Wildman–Crippen MR) is 92.1 cm³/mol. The van der Waals surface area contributed by atoms with Gasteiger partial charge in [0.05, 0.1) is 0 Å². The first-order valence-corrected chi connectivity index (χ1v) is 7.51. The van der Waals surface area contributed by atoms with Gasteiger partial charge in [-0.1, -0.05) is 78.9 Å². The predicted octanol–water partition coefficient (Wildman–Crippen LogP) is 5.00. The zero-order valence-corrected chi connectivity index (χ0v) is 12.4. The summed E-state index contributed by atoms with van der Waals surface area (Å²) in [5, 5.41) is 3.53. The van der Waals surface area contributed by atoms with E-state index in [2.05, 4.69) is 78.6 Å². The summed E-state index contributed by atoms with van der Waals surface area (Å²) in [5.74, 6) is 0. The van der Waals surface area contributed by atoms with E-state index in [1.807, 2.05) is 12.1 Å². The highest BCUT2D eigenvalue weighted by molar-refractivity contribution is 5.48. The molecule has 21 heavy (non-hydrogen) atoms. The van der Waals surface area contributed by atoms with Gasteiger partial charge in [-0.2, -0.15) is 0 Å². The number of rotatable bonds is 8. The van der Waals surface area contributed by atoms with Gasteiger partial charge in [-0.05, 0) is 24.0 Å². The highest BCUT2D eigenvalue weighted by atomic mass is 14.9. The average molecular weight is 277 g/mol. The van der Waals surface area contributed by atoms with Crippen molar-refractivity contribution in [2.45, 2.75) is 18.9 Å². The van der Waals surface area contributed by atoms with Crippen molar-refractivity contribution in [3.63, 3.8) is 0 Å². The second-order valence-electron chi connectivity index (χ2n) is 5.05. The number of allylic oxidation sites excluding steroid dienone is 1. The highest BCUT2D eigenvalue weighted by Crippen LogP contribution is 2.18. The lowest BCUT2D eigenvalue weighted by atomic mass is 10.0. The minimum Gasteiger partial charge on any atom is -0.306 e. The number of hydrogen-bond acceptors (Lipinski definition) is 1. The van der Waals surface area contributed by atoms with Gasteiger partial charge >= 0.3 is 0 Å². The molecule has 0 aliphatic rings. The monoisotopic (exact) mass is 277 g/mol. The van der Waals surface area contributed by atoms with Crippen LogP contribution < -0.4 is 5.32 Å². The van der Waals surface area contributed by atoms with Crippen molar-refractivity contribution in [2.24, 2.45) is 0 Å². The van der Waals surface area contributed by atoms with Crippen LogP contribution in [0.2, 0.25) is 0 Å². The maximum absolute atomic E-state index is 3.79. The Morgan fingerprint density at radius 2 is 1.62 bits per heavy atom. The molecule has 0 aliphatic carbocycles. The lowest BCUT2D eigenvalue weighted by molar-refractivity contribution is 0.532. The van der Waals surface area contributed by atoms with Crippen molar-refractivity contribution < 1.29 is 0 Å². The van der Waals surface area contributed by atoms with Gasteiger partial charge in [0.2, 0.25) is 0 Å². The minimum absolute atomic E-state index is 0.379. The molecule has 1 N–H and O–H groups in total. The molecule has 0 spiro atoms. The topological polar surface area (TPSA) is 12.0 Å². The molecule has 2 aromatic rings. The smallest absolute Gasteiger partial charge is 0.0325 e. The Labute approximate surface area is 128 Å². The summed E-state index contributed by atoms with van der Waals surface area (Å²) in [6.07, 6.45) is 8.49. The van der Waals surface area contributed by atoms with Gasteiger partial charge in [0.25, 0.3) is 0 Å². The first-order valence-electron chi connectivity index (χ1n) is 7.51. The van der Waals surface area contributed by atoms with Crippen LogP contribution in [0, 0.1) is 0 Å². The third kappa shape index (κ3) is 5.41. The molecule has 0 heterocycles. The van der Waals surface area contributed by atoms with Crippen LogP contribution in [0.4, 0.5) is 0 Å². The molecule has 0 bridgehead atoms. The van der Waals surface area contributed by atoms with E-state index in [9.17, 15) is 0 Å². The van der Waals surface area contributed by atoms with Gasteiger partial charge in [0.1, 0.15) is 0 Å². The summed E-state index contributed by atoms with van der Waals surface area (Å²) in [7, 11) is 0. The fourth-order valence-corrected chi connectivity index (χ4v) is 2.34. The first kappa shape index (κ1) is 15.3. The van der Waals surface area contributed by atoms with Crippen molar-refractivity contribution in [1.29, 1.82) is 0 Å². The van der Waals surface area contributed by atoms with Gasteiger partial charge < -0.3 is 5.32 Å². The third-order valence-electron chi connectivity index (χ3n) is 3.44. The molecule has 0 aromatic heterocycles. The molecule has 0 aliphatic heterocycles. The molecule has 0 saturated carbocycles. The fraction of sp³-hybridized carbons (Fsp3) is 0.200. The summed E-state index contributed by atoms with van der Waals surface area (Å²) in [6, 6.07) is 21.4. The van der Waals surface area contributed by atoms with Gasteiger partial charge in [-0.3, -0.25) is 0 Å². The molecular weight excluding hydrogens is 254 g/mol. The maximum atomic E-state index is 3.79. The van der Waals surface area contributed by atoms with E-state index < -0.39 is 0 Å². The van der Waals surface area contributed by atoms with Crippen LogP contribution in [-0.4, -0.2) is 6.54 Å². The van der Waals surface area contributed by atoms with E-state index in [0.29, 0.717) is 6.04 Å². The van der Waals surface area contributed by atoms with Gasteiger partial charge in [0, 0.05) is 12.6 Å². The van der Waals surface area contributed by atoms with Crippen molar-refractivity contribution in [1.82, 2.24) is 5.32 Å². The molecule has 108 valence electrons. The van der Waals surface area contributed by atoms with Crippen molar-refractivity contribution in [3.8, 4) is 0 Å². The second kappa shape index (κ2) is 8.93. The molecule has 0 fully saturated rings. The summed E-state index contributed by atoms with van der Waals surface area (Å²) in [5.41, 5.74) is 2.60. The summed E-state index contributed by atoms with van der Waals surface area (Å²) < 4.78 is 0. The second-order valence-corrected chi connectivity index (χ2v) is 5.05. The standard InChI is InChI=1S/C20H23N/c1-2-17-21-20(19-14-7-4-8-15-19)16-10-9-13-18-11-5-3-6-12-18/h2-9,11-15,20-21H,1,10,16-17H2/b13-9+. The van der Waals surface area contributed by atoms with Crippen LogP contribution in [0.15, 0.2) is 79.4 Å². The van der Waals surface area contributed by atoms with Gasteiger partial charge in [-0.25, -0.2) is 0 Å². The zero-order valence-electron chi connectivity index (χ0n) is 12.4. The Morgan fingerprint density at radius 1 is 0.952 bits per heavy atom. The van der Waals surface area contributed by atoms with Crippen molar-refractivity contribution in [3.05, 3.63) is 90.5 Å². The maximum Gasteiger partial charge on any atom is 0.0325 e. The fourth-order valence-electron chi connectivity index (χ4n) is 2.34. The molecule has 0 amide bonds. The van der Waals surface area contributed by atoms with Crippen LogP contribution in [0.1, 0.15) is 30.0 Å². The Kier molecular flexibility index (Phi) is 6.50. The molecule has 1 atom stereocenters. The van der Waals surface area contributed by atoms with E-state index >= 15 is 0 Å². The first-order chi connectivity index (χ1) is 10.4. The molecule has 1 unspecified atom stereocenters. The van der Waals surface area contributed by atoms with E-state index in [1.54, 1.807) is 0 Å². The normalized spacial score (nSPS) is 12.4. The summed E-state index contributed by atoms with van der Waals surface area (Å²) in [6.45, 7) is 4.62. The Bertz CT molecular complexity index is 543. The number of benzene rings is 2. The van der Waals surface area contributed by atoms with Crippen molar-refractivity contribution in [2.75, 3.05) is 6.54 Å². The van der Waals surface area contributed by atoms with Gasteiger partial charge in [0.15, 0.2) is 0 Å². The molecular formula is C20H23N. The van der Waals surface area contributed by atoms with Crippen molar-refractivity contribution >= 4 is 6.08 Å². The van der Waals surface area contributed by atoms with E-state index in [1.165, 1.54) is 11.1 Å². The number of nitrogens with one attached hydrogen (secondary N) is 1. The van der Waals surface area contributed by atoms with E-state index in [4.69, 9.17) is 0 Å². The van der Waals surface area contributed by atoms with Crippen LogP contribution in [0.5, 0.6) is 0 Å². The SMILES string of the molecule is C=CCNC(CC/C=C/c1ccccc1)c1ccccc1. The van der Waals surface area contributed by atoms with Gasteiger partial charge in [-0.15, -0.1) is 6.58 Å². The minimum atomic E-state index is 0.379. The highest BCUT2D eigenvalue weighted by Gasteiger charge is 2.08. The summed E-state index contributed by atoms with van der Waals surface area (Å²) >= 11 is 0. The van der Waals surface area contributed by atoms with Crippen LogP contribution >= 0.6 is 0 Å². The van der Waals surface area contributed by atoms with Crippen LogP contribution in [0.25, 0.3) is 6.08 Å². The molecule has 0 saturated heterocycles.